The Labute approximate surface area is 207 Å². The monoisotopic (exact) mass is 501 g/mol. The number of fused-ring (bicyclic) bond motifs is 1. The van der Waals surface area contributed by atoms with E-state index in [-0.39, 0.29) is 40.5 Å². The molecule has 0 atom stereocenters. The average Bonchev–Trinajstić information content (AvgIpc) is 2.83. The molecule has 0 spiro atoms. The first kappa shape index (κ1) is 24.2. The Morgan fingerprint density at radius 2 is 1.88 bits per heavy atom. The first-order chi connectivity index (χ1) is 16.5. The number of esters is 1. The van der Waals surface area contributed by atoms with Crippen LogP contribution in [0, 0.1) is 0 Å². The van der Waals surface area contributed by atoms with Crippen LogP contribution < -0.4 is 10.3 Å². The van der Waals surface area contributed by atoms with Crippen LogP contribution in [0.15, 0.2) is 46.3 Å². The molecule has 1 heterocycles. The molecule has 9 heteroatoms. The van der Waals surface area contributed by atoms with Gasteiger partial charge in [-0.25, -0.2) is 9.78 Å². The minimum atomic E-state index is -0.515. The van der Waals surface area contributed by atoms with Gasteiger partial charge in [-0.1, -0.05) is 54.6 Å². The maximum atomic E-state index is 13.3. The second-order valence-corrected chi connectivity index (χ2v) is 8.91. The summed E-state index contributed by atoms with van der Waals surface area (Å²) in [7, 11) is 0. The normalized spacial score (nSPS) is 14.6. The summed E-state index contributed by atoms with van der Waals surface area (Å²) in [6.45, 7) is 1.66. The molecule has 1 saturated carbocycles. The van der Waals surface area contributed by atoms with Crippen LogP contribution in [0.3, 0.4) is 0 Å². The van der Waals surface area contributed by atoms with E-state index in [9.17, 15) is 9.59 Å². The Bertz CT molecular complexity index is 1260. The van der Waals surface area contributed by atoms with Gasteiger partial charge in [0.1, 0.15) is 5.82 Å². The quantitative estimate of drug-likeness (QED) is 0.311. The van der Waals surface area contributed by atoms with Gasteiger partial charge < -0.3 is 9.47 Å². The van der Waals surface area contributed by atoms with E-state index in [0.717, 1.165) is 25.7 Å². The zero-order chi connectivity index (χ0) is 24.1. The smallest absolute Gasteiger partial charge is 0.344 e. The predicted octanol–water partition coefficient (Wildman–Crippen LogP) is 5.58. The van der Waals surface area contributed by atoms with Gasteiger partial charge in [0.25, 0.3) is 5.56 Å². The summed E-state index contributed by atoms with van der Waals surface area (Å²) in [5.41, 5.74) is 1.04. The van der Waals surface area contributed by atoms with Crippen LogP contribution in [0.2, 0.25) is 10.0 Å². The second-order valence-electron chi connectivity index (χ2n) is 8.09. The Balaban J connectivity index is 1.67. The summed E-state index contributed by atoms with van der Waals surface area (Å²) >= 11 is 12.7. The highest BCUT2D eigenvalue weighted by molar-refractivity contribution is 6.37. The van der Waals surface area contributed by atoms with Crippen molar-refractivity contribution in [1.82, 2.24) is 9.66 Å². The molecule has 7 nitrogen and oxygen atoms in total. The number of carbonyl (C=O) groups excluding carboxylic acids is 1. The summed E-state index contributed by atoms with van der Waals surface area (Å²) in [6, 6.07) is 10.5. The molecule has 1 aliphatic rings. The zero-order valence-corrected chi connectivity index (χ0v) is 20.3. The van der Waals surface area contributed by atoms with E-state index in [0.29, 0.717) is 22.3 Å². The van der Waals surface area contributed by atoms with Gasteiger partial charge in [-0.15, -0.1) is 0 Å². The maximum Gasteiger partial charge on any atom is 0.344 e. The largest absolute Gasteiger partial charge is 0.479 e. The number of ether oxygens (including phenoxy) is 2. The van der Waals surface area contributed by atoms with Crippen molar-refractivity contribution in [3.8, 4) is 5.75 Å². The SMILES string of the molecule is CCOC(=O)COc1c(Cl)cc(C=Nn2c(C3CCCCC3)nc3ccccc3c2=O)cc1Cl. The van der Waals surface area contributed by atoms with E-state index >= 15 is 0 Å². The van der Waals surface area contributed by atoms with E-state index in [2.05, 4.69) is 5.10 Å². The molecule has 0 N–H and O–H groups in total. The molecular formula is C25H25Cl2N3O4. The minimum Gasteiger partial charge on any atom is -0.479 e. The van der Waals surface area contributed by atoms with Crippen molar-refractivity contribution >= 4 is 46.3 Å². The van der Waals surface area contributed by atoms with Gasteiger partial charge in [-0.05, 0) is 49.6 Å². The summed E-state index contributed by atoms with van der Waals surface area (Å²) < 4.78 is 11.7. The van der Waals surface area contributed by atoms with Crippen molar-refractivity contribution in [2.45, 2.75) is 44.9 Å². The number of hydrogen-bond acceptors (Lipinski definition) is 6. The molecule has 2 aromatic carbocycles. The van der Waals surface area contributed by atoms with Gasteiger partial charge in [0.2, 0.25) is 0 Å². The predicted molar refractivity (Wildman–Crippen MR) is 133 cm³/mol. The number of nitrogens with zero attached hydrogens (tertiary/aromatic N) is 3. The van der Waals surface area contributed by atoms with Crippen molar-refractivity contribution < 1.29 is 14.3 Å². The number of benzene rings is 2. The van der Waals surface area contributed by atoms with E-state index < -0.39 is 5.97 Å². The Kier molecular flexibility index (Phi) is 7.85. The van der Waals surface area contributed by atoms with Crippen LogP contribution in [0.1, 0.15) is 56.3 Å². The number of hydrogen-bond donors (Lipinski definition) is 0. The zero-order valence-electron chi connectivity index (χ0n) is 18.8. The fourth-order valence-corrected chi connectivity index (χ4v) is 4.74. The highest BCUT2D eigenvalue weighted by Gasteiger charge is 2.22. The lowest BCUT2D eigenvalue weighted by atomic mass is 9.88. The molecule has 0 radical (unpaired) electrons. The van der Waals surface area contributed by atoms with Crippen LogP contribution in [-0.2, 0) is 9.53 Å². The lowest BCUT2D eigenvalue weighted by Gasteiger charge is -2.22. The molecule has 1 fully saturated rings. The third-order valence-electron chi connectivity index (χ3n) is 5.73. The van der Waals surface area contributed by atoms with Crippen LogP contribution in [-0.4, -0.2) is 35.1 Å². The molecule has 0 bridgehead atoms. The molecule has 0 unspecified atom stereocenters. The Morgan fingerprint density at radius 1 is 1.18 bits per heavy atom. The number of aromatic nitrogens is 2. The molecule has 0 saturated heterocycles. The maximum absolute atomic E-state index is 13.3. The van der Waals surface area contributed by atoms with Gasteiger partial charge in [-0.2, -0.15) is 9.78 Å². The molecule has 0 amide bonds. The molecule has 4 rings (SSSR count). The molecule has 178 valence electrons. The molecule has 1 aliphatic carbocycles. The van der Waals surface area contributed by atoms with E-state index in [1.54, 1.807) is 25.1 Å². The summed E-state index contributed by atoms with van der Waals surface area (Å²) in [5, 5.41) is 5.44. The highest BCUT2D eigenvalue weighted by atomic mass is 35.5. The van der Waals surface area contributed by atoms with Crippen LogP contribution in [0.5, 0.6) is 5.75 Å². The number of carbonyl (C=O) groups is 1. The van der Waals surface area contributed by atoms with E-state index in [4.69, 9.17) is 37.7 Å². The Morgan fingerprint density at radius 3 is 2.59 bits per heavy atom. The molecule has 0 aliphatic heterocycles. The first-order valence-electron chi connectivity index (χ1n) is 11.3. The third kappa shape index (κ3) is 5.42. The van der Waals surface area contributed by atoms with Crippen LogP contribution >= 0.6 is 23.2 Å². The van der Waals surface area contributed by atoms with Crippen molar-refractivity contribution in [3.05, 3.63) is 68.2 Å². The van der Waals surface area contributed by atoms with Crippen molar-refractivity contribution in [1.29, 1.82) is 0 Å². The fourth-order valence-electron chi connectivity index (χ4n) is 4.13. The lowest BCUT2D eigenvalue weighted by Crippen LogP contribution is -2.25. The summed E-state index contributed by atoms with van der Waals surface area (Å²) in [6.07, 6.45) is 6.89. The standard InChI is InChI=1S/C25H25Cl2N3O4/c1-2-33-22(31)15-34-23-19(26)12-16(13-20(23)27)14-28-30-24(17-8-4-3-5-9-17)29-21-11-7-6-10-18(21)25(30)32/h6-7,10-14,17H,2-5,8-9,15H2,1H3. The first-order valence-corrected chi connectivity index (χ1v) is 12.1. The fraction of sp³-hybridized carbons (Fsp3) is 0.360. The van der Waals surface area contributed by atoms with Crippen molar-refractivity contribution in [2.24, 2.45) is 5.10 Å². The van der Waals surface area contributed by atoms with Gasteiger partial charge in [0, 0.05) is 5.92 Å². The van der Waals surface area contributed by atoms with Crippen molar-refractivity contribution in [2.75, 3.05) is 13.2 Å². The lowest BCUT2D eigenvalue weighted by molar-refractivity contribution is -0.145. The molecular weight excluding hydrogens is 477 g/mol. The van der Waals surface area contributed by atoms with E-state index in [1.165, 1.54) is 17.3 Å². The number of para-hydroxylation sites is 1. The third-order valence-corrected chi connectivity index (χ3v) is 6.29. The van der Waals surface area contributed by atoms with Gasteiger partial charge in [0.05, 0.1) is 33.8 Å². The summed E-state index contributed by atoms with van der Waals surface area (Å²) in [5.74, 6) is 0.514. The van der Waals surface area contributed by atoms with Gasteiger partial charge in [-0.3, -0.25) is 4.79 Å². The van der Waals surface area contributed by atoms with E-state index in [1.807, 2.05) is 18.2 Å². The number of rotatable bonds is 7. The molecule has 34 heavy (non-hydrogen) atoms. The highest BCUT2D eigenvalue weighted by Crippen LogP contribution is 2.34. The van der Waals surface area contributed by atoms with Crippen LogP contribution in [0.4, 0.5) is 0 Å². The summed E-state index contributed by atoms with van der Waals surface area (Å²) in [4.78, 5) is 29.7. The molecule has 3 aromatic rings. The number of halogens is 2. The van der Waals surface area contributed by atoms with Gasteiger partial charge in [0.15, 0.2) is 12.4 Å². The second kappa shape index (κ2) is 11.0. The Hall–Kier alpha value is -2.90. The minimum absolute atomic E-state index is 0.175. The molecule has 1 aromatic heterocycles. The van der Waals surface area contributed by atoms with Crippen molar-refractivity contribution in [3.63, 3.8) is 0 Å². The topological polar surface area (TPSA) is 82.8 Å². The average molecular weight is 502 g/mol. The van der Waals surface area contributed by atoms with Gasteiger partial charge >= 0.3 is 5.97 Å². The van der Waals surface area contributed by atoms with Crippen LogP contribution in [0.25, 0.3) is 10.9 Å².